The van der Waals surface area contributed by atoms with E-state index in [4.69, 9.17) is 0 Å². The zero-order valence-electron chi connectivity index (χ0n) is 9.82. The van der Waals surface area contributed by atoms with Gasteiger partial charge in [-0.1, -0.05) is 27.2 Å². The first kappa shape index (κ1) is 10.9. The second-order valence-electron chi connectivity index (χ2n) is 4.23. The summed E-state index contributed by atoms with van der Waals surface area (Å²) in [6, 6.07) is 1.87. The van der Waals surface area contributed by atoms with Gasteiger partial charge in [0.1, 0.15) is 5.82 Å². The number of nitrogens with zero attached hydrogens (tertiary/aromatic N) is 3. The van der Waals surface area contributed by atoms with E-state index in [1.54, 1.807) is 4.40 Å². The van der Waals surface area contributed by atoms with Crippen molar-refractivity contribution in [1.29, 1.82) is 0 Å². The number of hydrogen-bond acceptors (Lipinski definition) is 3. The van der Waals surface area contributed by atoms with E-state index >= 15 is 0 Å². The van der Waals surface area contributed by atoms with Crippen LogP contribution in [0.25, 0.3) is 5.65 Å². The number of fused-ring (bicyclic) bond motifs is 1. The first-order valence-corrected chi connectivity index (χ1v) is 5.60. The maximum absolute atomic E-state index is 11.6. The summed E-state index contributed by atoms with van der Waals surface area (Å²) in [4.78, 5) is 16.1. The molecule has 5 heteroatoms. The van der Waals surface area contributed by atoms with Crippen LogP contribution in [0.1, 0.15) is 44.6 Å². The normalized spacial score (nSPS) is 11.5. The van der Waals surface area contributed by atoms with Crippen LogP contribution in [0, 0.1) is 0 Å². The van der Waals surface area contributed by atoms with E-state index in [0.29, 0.717) is 5.65 Å². The third kappa shape index (κ3) is 1.73. The Morgan fingerprint density at radius 3 is 2.88 bits per heavy atom. The Morgan fingerprint density at radius 1 is 1.50 bits per heavy atom. The number of rotatable bonds is 3. The van der Waals surface area contributed by atoms with Crippen LogP contribution in [0.4, 0.5) is 0 Å². The molecule has 0 saturated heterocycles. The monoisotopic (exact) mass is 220 g/mol. The number of aromatic nitrogens is 4. The van der Waals surface area contributed by atoms with Crippen LogP contribution in [-0.4, -0.2) is 19.6 Å². The van der Waals surface area contributed by atoms with Gasteiger partial charge in [-0.3, -0.25) is 0 Å². The minimum atomic E-state index is -0.214. The largest absolute Gasteiger partial charge is 0.349 e. The molecule has 5 nitrogen and oxygen atoms in total. The summed E-state index contributed by atoms with van der Waals surface area (Å²) in [7, 11) is 0. The Morgan fingerprint density at radius 2 is 2.25 bits per heavy atom. The maximum Gasteiger partial charge on any atom is 0.349 e. The quantitative estimate of drug-likeness (QED) is 0.852. The molecular weight excluding hydrogens is 204 g/mol. The van der Waals surface area contributed by atoms with Gasteiger partial charge >= 0.3 is 5.69 Å². The Kier molecular flexibility index (Phi) is 2.77. The molecule has 0 bridgehead atoms. The molecule has 2 heterocycles. The predicted octanol–water partition coefficient (Wildman–Crippen LogP) is 1.49. The summed E-state index contributed by atoms with van der Waals surface area (Å²) in [5.74, 6) is 0.981. The summed E-state index contributed by atoms with van der Waals surface area (Å²) >= 11 is 0. The van der Waals surface area contributed by atoms with Gasteiger partial charge in [0.15, 0.2) is 5.65 Å². The Labute approximate surface area is 93.5 Å². The average Bonchev–Trinajstić information content (AvgIpc) is 2.60. The van der Waals surface area contributed by atoms with Crippen LogP contribution in [-0.2, 0) is 6.42 Å². The van der Waals surface area contributed by atoms with Gasteiger partial charge in [-0.15, -0.1) is 0 Å². The van der Waals surface area contributed by atoms with Crippen molar-refractivity contribution in [3.8, 4) is 0 Å². The number of aromatic amines is 1. The highest BCUT2D eigenvalue weighted by Gasteiger charge is 2.12. The van der Waals surface area contributed by atoms with Crippen molar-refractivity contribution >= 4 is 5.65 Å². The molecule has 2 rings (SSSR count). The zero-order valence-corrected chi connectivity index (χ0v) is 9.82. The summed E-state index contributed by atoms with van der Waals surface area (Å²) in [5.41, 5.74) is 1.44. The minimum absolute atomic E-state index is 0.203. The molecule has 2 aromatic heterocycles. The summed E-state index contributed by atoms with van der Waals surface area (Å²) in [6.07, 6.45) is 1.95. The first-order chi connectivity index (χ1) is 7.63. The molecular formula is C11H16N4O. The van der Waals surface area contributed by atoms with Crippen molar-refractivity contribution in [3.63, 3.8) is 0 Å². The van der Waals surface area contributed by atoms with Crippen LogP contribution in [0.3, 0.4) is 0 Å². The smallest absolute Gasteiger partial charge is 0.246 e. The van der Waals surface area contributed by atoms with E-state index in [-0.39, 0.29) is 11.6 Å². The van der Waals surface area contributed by atoms with E-state index < -0.39 is 0 Å². The molecule has 0 aliphatic heterocycles. The van der Waals surface area contributed by atoms with Gasteiger partial charge < -0.3 is 0 Å². The van der Waals surface area contributed by atoms with Crippen LogP contribution >= 0.6 is 0 Å². The topological polar surface area (TPSA) is 63.0 Å². The molecule has 0 spiro atoms. The van der Waals surface area contributed by atoms with Crippen LogP contribution in [0.2, 0.25) is 0 Å². The van der Waals surface area contributed by atoms with Crippen LogP contribution < -0.4 is 5.69 Å². The molecule has 0 radical (unpaired) electrons. The Bertz CT molecular complexity index is 553. The second kappa shape index (κ2) is 4.08. The number of nitrogens with one attached hydrogen (secondary N) is 1. The fourth-order valence-corrected chi connectivity index (χ4v) is 1.78. The lowest BCUT2D eigenvalue weighted by atomic mass is 10.2. The number of aryl methyl sites for hydroxylation is 1. The second-order valence-corrected chi connectivity index (χ2v) is 4.23. The molecule has 0 atom stereocenters. The molecule has 16 heavy (non-hydrogen) atoms. The number of H-pyrrole nitrogens is 1. The zero-order chi connectivity index (χ0) is 11.7. The number of hydrogen-bond donors (Lipinski definition) is 1. The molecule has 2 aromatic rings. The fourth-order valence-electron chi connectivity index (χ4n) is 1.78. The van der Waals surface area contributed by atoms with Crippen LogP contribution in [0.15, 0.2) is 10.9 Å². The van der Waals surface area contributed by atoms with Gasteiger partial charge in [0.25, 0.3) is 0 Å². The minimum Gasteiger partial charge on any atom is -0.246 e. The SMILES string of the molecule is CCCc1cc2n[nH]c(=O)n2c(C(C)C)n1. The third-order valence-corrected chi connectivity index (χ3v) is 2.50. The van der Waals surface area contributed by atoms with Gasteiger partial charge in [0, 0.05) is 17.7 Å². The van der Waals surface area contributed by atoms with Crippen molar-refractivity contribution in [2.45, 2.75) is 39.5 Å². The molecule has 0 fully saturated rings. The van der Waals surface area contributed by atoms with Crippen molar-refractivity contribution in [2.75, 3.05) is 0 Å². The van der Waals surface area contributed by atoms with Crippen molar-refractivity contribution in [3.05, 3.63) is 28.1 Å². The van der Waals surface area contributed by atoms with E-state index in [0.717, 1.165) is 24.4 Å². The van der Waals surface area contributed by atoms with Crippen molar-refractivity contribution < 1.29 is 0 Å². The molecule has 0 saturated carbocycles. The average molecular weight is 220 g/mol. The van der Waals surface area contributed by atoms with Crippen molar-refractivity contribution in [2.24, 2.45) is 0 Å². The first-order valence-electron chi connectivity index (χ1n) is 5.60. The summed E-state index contributed by atoms with van der Waals surface area (Å²) < 4.78 is 1.55. The predicted molar refractivity (Wildman–Crippen MR) is 61.7 cm³/mol. The van der Waals surface area contributed by atoms with Gasteiger partial charge in [0.05, 0.1) is 0 Å². The third-order valence-electron chi connectivity index (χ3n) is 2.50. The van der Waals surface area contributed by atoms with Gasteiger partial charge in [-0.2, -0.15) is 5.10 Å². The molecule has 1 N–H and O–H groups in total. The summed E-state index contributed by atoms with van der Waals surface area (Å²) in [6.45, 7) is 6.16. The van der Waals surface area contributed by atoms with E-state index in [1.807, 2.05) is 19.9 Å². The molecule has 0 amide bonds. The molecule has 86 valence electrons. The molecule has 0 unspecified atom stereocenters. The summed E-state index contributed by atoms with van der Waals surface area (Å²) in [5, 5.41) is 6.45. The lowest BCUT2D eigenvalue weighted by molar-refractivity contribution is 0.721. The van der Waals surface area contributed by atoms with E-state index in [2.05, 4.69) is 22.1 Å². The standard InChI is InChI=1S/C11H16N4O/c1-4-5-8-6-9-13-14-11(16)15(9)10(12-8)7(2)3/h6-7H,4-5H2,1-3H3,(H,14,16). The van der Waals surface area contributed by atoms with Crippen molar-refractivity contribution in [1.82, 2.24) is 19.6 Å². The van der Waals surface area contributed by atoms with Gasteiger partial charge in [0.2, 0.25) is 0 Å². The highest BCUT2D eigenvalue weighted by atomic mass is 16.1. The molecule has 0 aliphatic carbocycles. The van der Waals surface area contributed by atoms with Gasteiger partial charge in [-0.25, -0.2) is 19.3 Å². The lowest BCUT2D eigenvalue weighted by Crippen LogP contribution is -2.17. The Hall–Kier alpha value is -1.65. The Balaban J connectivity index is 2.71. The van der Waals surface area contributed by atoms with E-state index in [1.165, 1.54) is 0 Å². The highest BCUT2D eigenvalue weighted by Crippen LogP contribution is 2.13. The highest BCUT2D eigenvalue weighted by molar-refractivity contribution is 5.39. The fraction of sp³-hybridized carbons (Fsp3) is 0.545. The molecule has 0 aromatic carbocycles. The molecule has 0 aliphatic rings. The van der Waals surface area contributed by atoms with Gasteiger partial charge in [-0.05, 0) is 6.42 Å². The lowest BCUT2D eigenvalue weighted by Gasteiger charge is -2.08. The van der Waals surface area contributed by atoms with E-state index in [9.17, 15) is 4.79 Å². The van der Waals surface area contributed by atoms with Crippen LogP contribution in [0.5, 0.6) is 0 Å². The maximum atomic E-state index is 11.6.